The Kier molecular flexibility index (Phi) is 5.44. The van der Waals surface area contributed by atoms with Gasteiger partial charge in [-0.05, 0) is 12.8 Å². The maximum Gasteiger partial charge on any atom is 0.147 e. The zero-order valence-electron chi connectivity index (χ0n) is 7.62. The molecular formula is C7H17NO3S. The lowest BCUT2D eigenvalue weighted by molar-refractivity contribution is 0.187. The fraction of sp³-hybridized carbons (Fsp3) is 1.00. The van der Waals surface area contributed by atoms with E-state index in [-0.39, 0.29) is 11.8 Å². The van der Waals surface area contributed by atoms with E-state index >= 15 is 0 Å². The Morgan fingerprint density at radius 3 is 2.42 bits per heavy atom. The number of ether oxygens (including phenoxy) is 1. The Morgan fingerprint density at radius 2 is 2.00 bits per heavy atom. The van der Waals surface area contributed by atoms with Crippen molar-refractivity contribution in [1.82, 2.24) is 0 Å². The van der Waals surface area contributed by atoms with Gasteiger partial charge in [-0.2, -0.15) is 0 Å². The number of methoxy groups -OCH3 is 1. The Hall–Kier alpha value is -0.130. The van der Waals surface area contributed by atoms with E-state index in [1.165, 1.54) is 6.26 Å². The van der Waals surface area contributed by atoms with E-state index < -0.39 is 9.84 Å². The quantitative estimate of drug-likeness (QED) is 0.636. The summed E-state index contributed by atoms with van der Waals surface area (Å²) in [5, 5.41) is 0. The van der Waals surface area contributed by atoms with Gasteiger partial charge in [0.15, 0.2) is 0 Å². The van der Waals surface area contributed by atoms with Gasteiger partial charge in [-0.3, -0.25) is 0 Å². The standard InChI is InChI=1S/C7H17NO3S/c1-11-5-3-7(8)4-6-12(2,9)10/h7H,3-6,8H2,1-2H3. The Labute approximate surface area is 74.0 Å². The molecule has 12 heavy (non-hydrogen) atoms. The van der Waals surface area contributed by atoms with Gasteiger partial charge in [0.05, 0.1) is 5.75 Å². The van der Waals surface area contributed by atoms with E-state index in [9.17, 15) is 8.42 Å². The molecule has 1 unspecified atom stereocenters. The first-order chi connectivity index (χ1) is 5.45. The van der Waals surface area contributed by atoms with Crippen LogP contribution in [0.25, 0.3) is 0 Å². The van der Waals surface area contributed by atoms with Gasteiger partial charge in [-0.25, -0.2) is 8.42 Å². The molecule has 0 rings (SSSR count). The second-order valence-corrected chi connectivity index (χ2v) is 5.22. The topological polar surface area (TPSA) is 69.4 Å². The van der Waals surface area contributed by atoms with Gasteiger partial charge >= 0.3 is 0 Å². The van der Waals surface area contributed by atoms with Crippen molar-refractivity contribution in [3.05, 3.63) is 0 Å². The minimum Gasteiger partial charge on any atom is -0.385 e. The van der Waals surface area contributed by atoms with Crippen LogP contribution < -0.4 is 5.73 Å². The first kappa shape index (κ1) is 11.9. The molecule has 0 aliphatic rings. The summed E-state index contributed by atoms with van der Waals surface area (Å²) in [5.41, 5.74) is 5.62. The second-order valence-electron chi connectivity index (χ2n) is 2.96. The summed E-state index contributed by atoms with van der Waals surface area (Å²) in [6, 6.07) is -0.0697. The first-order valence-corrected chi connectivity index (χ1v) is 5.94. The number of hydrogen-bond donors (Lipinski definition) is 1. The molecule has 0 aromatic carbocycles. The van der Waals surface area contributed by atoms with E-state index in [1.807, 2.05) is 0 Å². The van der Waals surface area contributed by atoms with Crippen molar-refractivity contribution in [1.29, 1.82) is 0 Å². The largest absolute Gasteiger partial charge is 0.385 e. The summed E-state index contributed by atoms with van der Waals surface area (Å²) in [7, 11) is -1.26. The van der Waals surface area contributed by atoms with Crippen molar-refractivity contribution in [3.8, 4) is 0 Å². The third-order valence-corrected chi connectivity index (χ3v) is 2.53. The van der Waals surface area contributed by atoms with E-state index in [0.717, 1.165) is 0 Å². The molecule has 0 saturated carbocycles. The predicted octanol–water partition coefficient (Wildman–Crippen LogP) is -0.215. The fourth-order valence-electron chi connectivity index (χ4n) is 0.779. The highest BCUT2D eigenvalue weighted by atomic mass is 32.2. The lowest BCUT2D eigenvalue weighted by Crippen LogP contribution is -2.24. The molecule has 0 saturated heterocycles. The lowest BCUT2D eigenvalue weighted by Gasteiger charge is -2.09. The molecule has 5 heteroatoms. The molecule has 74 valence electrons. The van der Waals surface area contributed by atoms with Crippen molar-refractivity contribution in [2.24, 2.45) is 5.73 Å². The number of rotatable bonds is 6. The molecular weight excluding hydrogens is 178 g/mol. The normalized spacial score (nSPS) is 14.6. The van der Waals surface area contributed by atoms with Gasteiger partial charge in [0.2, 0.25) is 0 Å². The highest BCUT2D eigenvalue weighted by Gasteiger charge is 2.07. The molecule has 0 bridgehead atoms. The fourth-order valence-corrected chi connectivity index (χ4v) is 1.51. The third kappa shape index (κ3) is 7.97. The monoisotopic (exact) mass is 195 g/mol. The van der Waals surface area contributed by atoms with Crippen molar-refractivity contribution >= 4 is 9.84 Å². The van der Waals surface area contributed by atoms with Crippen LogP contribution >= 0.6 is 0 Å². The van der Waals surface area contributed by atoms with Crippen LogP contribution in [0, 0.1) is 0 Å². The maximum atomic E-state index is 10.7. The van der Waals surface area contributed by atoms with E-state index in [2.05, 4.69) is 0 Å². The average Bonchev–Trinajstić information content (AvgIpc) is 1.95. The number of hydrogen-bond acceptors (Lipinski definition) is 4. The summed E-state index contributed by atoms with van der Waals surface area (Å²) in [4.78, 5) is 0. The molecule has 0 aromatic rings. The van der Waals surface area contributed by atoms with Crippen LogP contribution in [0.3, 0.4) is 0 Å². The third-order valence-electron chi connectivity index (χ3n) is 1.55. The molecule has 0 fully saturated rings. The molecule has 0 amide bonds. The van der Waals surface area contributed by atoms with Crippen LogP contribution in [0.2, 0.25) is 0 Å². The molecule has 0 aliphatic heterocycles. The summed E-state index contributed by atoms with van der Waals surface area (Å²) in [6.45, 7) is 0.588. The van der Waals surface area contributed by atoms with Crippen LogP contribution in [-0.4, -0.2) is 40.2 Å². The smallest absolute Gasteiger partial charge is 0.147 e. The van der Waals surface area contributed by atoms with Crippen molar-refractivity contribution in [2.75, 3.05) is 25.7 Å². The van der Waals surface area contributed by atoms with E-state index in [4.69, 9.17) is 10.5 Å². The summed E-state index contributed by atoms with van der Waals surface area (Å²) in [6.07, 6.45) is 2.45. The van der Waals surface area contributed by atoms with E-state index in [1.54, 1.807) is 7.11 Å². The van der Waals surface area contributed by atoms with Crippen LogP contribution in [0.15, 0.2) is 0 Å². The van der Waals surface area contributed by atoms with Crippen molar-refractivity contribution in [2.45, 2.75) is 18.9 Å². The minimum atomic E-state index is -2.87. The molecule has 1 atom stereocenters. The number of nitrogens with two attached hydrogens (primary N) is 1. The SMILES string of the molecule is COCCC(N)CCS(C)(=O)=O. The average molecular weight is 195 g/mol. The zero-order valence-corrected chi connectivity index (χ0v) is 8.43. The molecule has 0 spiro atoms. The van der Waals surface area contributed by atoms with Crippen LogP contribution in [0.1, 0.15) is 12.8 Å². The van der Waals surface area contributed by atoms with Gasteiger partial charge in [-0.1, -0.05) is 0 Å². The summed E-state index contributed by atoms with van der Waals surface area (Å²) in [5.74, 6) is 0.165. The molecule has 4 nitrogen and oxygen atoms in total. The molecule has 0 heterocycles. The molecule has 0 radical (unpaired) electrons. The van der Waals surface area contributed by atoms with Gasteiger partial charge in [-0.15, -0.1) is 0 Å². The molecule has 2 N–H and O–H groups in total. The molecule has 0 aromatic heterocycles. The highest BCUT2D eigenvalue weighted by Crippen LogP contribution is 1.97. The van der Waals surface area contributed by atoms with E-state index in [0.29, 0.717) is 19.4 Å². The van der Waals surface area contributed by atoms with Gasteiger partial charge in [0.25, 0.3) is 0 Å². The lowest BCUT2D eigenvalue weighted by atomic mass is 10.2. The first-order valence-electron chi connectivity index (χ1n) is 3.88. The van der Waals surface area contributed by atoms with Crippen molar-refractivity contribution in [3.63, 3.8) is 0 Å². The molecule has 0 aliphatic carbocycles. The van der Waals surface area contributed by atoms with Gasteiger partial charge < -0.3 is 10.5 Å². The van der Waals surface area contributed by atoms with Crippen LogP contribution in [0.4, 0.5) is 0 Å². The van der Waals surface area contributed by atoms with Crippen LogP contribution in [-0.2, 0) is 14.6 Å². The summed E-state index contributed by atoms with van der Waals surface area (Å²) < 4.78 is 26.3. The summed E-state index contributed by atoms with van der Waals surface area (Å²) >= 11 is 0. The number of sulfone groups is 1. The highest BCUT2D eigenvalue weighted by molar-refractivity contribution is 7.90. The van der Waals surface area contributed by atoms with Crippen molar-refractivity contribution < 1.29 is 13.2 Å². The van der Waals surface area contributed by atoms with Crippen LogP contribution in [0.5, 0.6) is 0 Å². The maximum absolute atomic E-state index is 10.7. The Bertz CT molecular complexity index is 201. The van der Waals surface area contributed by atoms with Gasteiger partial charge in [0, 0.05) is 26.0 Å². The minimum absolute atomic E-state index is 0.0697. The Morgan fingerprint density at radius 1 is 1.42 bits per heavy atom. The Balaban J connectivity index is 3.51. The zero-order chi connectivity index (χ0) is 9.61. The predicted molar refractivity (Wildman–Crippen MR) is 48.8 cm³/mol. The second kappa shape index (κ2) is 5.50. The van der Waals surface area contributed by atoms with Gasteiger partial charge in [0.1, 0.15) is 9.84 Å².